The normalized spacial score (nSPS) is 17.8. The van der Waals surface area contributed by atoms with E-state index in [1.54, 1.807) is 18.4 Å². The van der Waals surface area contributed by atoms with Crippen molar-refractivity contribution in [1.82, 2.24) is 4.90 Å². The first-order valence-electron chi connectivity index (χ1n) is 8.90. The molecule has 2 fully saturated rings. The predicted molar refractivity (Wildman–Crippen MR) is 94.1 cm³/mol. The summed E-state index contributed by atoms with van der Waals surface area (Å²) >= 11 is 0. The number of hydrogen-bond donors (Lipinski definition) is 1. The molecule has 1 atom stereocenters. The Morgan fingerprint density at radius 3 is 2.60 bits per heavy atom. The molecule has 0 unspecified atom stereocenters. The lowest BCUT2D eigenvalue weighted by Crippen LogP contribution is -2.35. The molecule has 1 N–H and O–H groups in total. The van der Waals surface area contributed by atoms with Gasteiger partial charge in [0.15, 0.2) is 0 Å². The van der Waals surface area contributed by atoms with Crippen LogP contribution in [0.1, 0.15) is 54.8 Å². The van der Waals surface area contributed by atoms with Crippen LogP contribution in [0.3, 0.4) is 0 Å². The lowest BCUT2D eigenvalue weighted by Gasteiger charge is -2.28. The zero-order valence-corrected chi connectivity index (χ0v) is 14.3. The Labute approximate surface area is 147 Å². The van der Waals surface area contributed by atoms with Gasteiger partial charge in [0.25, 0.3) is 5.91 Å². The number of carbonyl (C=O) groups excluding carboxylic acids is 2. The molecule has 2 aliphatic rings. The van der Waals surface area contributed by atoms with E-state index in [0.29, 0.717) is 11.3 Å². The fraction of sp³-hybridized carbons (Fsp3) is 0.400. The van der Waals surface area contributed by atoms with Crippen molar-refractivity contribution in [1.29, 1.82) is 0 Å². The largest absolute Gasteiger partial charge is 0.467 e. The zero-order valence-electron chi connectivity index (χ0n) is 14.3. The van der Waals surface area contributed by atoms with Crippen LogP contribution in [0.2, 0.25) is 0 Å². The van der Waals surface area contributed by atoms with E-state index in [0.717, 1.165) is 31.4 Å². The van der Waals surface area contributed by atoms with Crippen LogP contribution in [0.4, 0.5) is 5.69 Å². The van der Waals surface area contributed by atoms with Gasteiger partial charge >= 0.3 is 0 Å². The molecule has 0 saturated heterocycles. The minimum absolute atomic E-state index is 0.0195. The molecule has 0 spiro atoms. The number of furan rings is 1. The Kier molecular flexibility index (Phi) is 4.07. The van der Waals surface area contributed by atoms with Crippen LogP contribution in [-0.2, 0) is 4.79 Å². The van der Waals surface area contributed by atoms with Gasteiger partial charge in [-0.2, -0.15) is 0 Å². The van der Waals surface area contributed by atoms with Crippen LogP contribution >= 0.6 is 0 Å². The van der Waals surface area contributed by atoms with Crippen molar-refractivity contribution in [2.75, 3.05) is 5.32 Å². The molecule has 2 amide bonds. The lowest BCUT2D eigenvalue weighted by atomic mass is 10.1. The van der Waals surface area contributed by atoms with Crippen molar-refractivity contribution < 1.29 is 14.0 Å². The van der Waals surface area contributed by atoms with Crippen LogP contribution in [0.15, 0.2) is 47.1 Å². The smallest absolute Gasteiger partial charge is 0.254 e. The van der Waals surface area contributed by atoms with Crippen LogP contribution in [0, 0.1) is 5.92 Å². The van der Waals surface area contributed by atoms with E-state index in [4.69, 9.17) is 4.42 Å². The van der Waals surface area contributed by atoms with E-state index in [-0.39, 0.29) is 29.8 Å². The molecule has 1 heterocycles. The number of anilines is 1. The van der Waals surface area contributed by atoms with Gasteiger partial charge < -0.3 is 14.6 Å². The van der Waals surface area contributed by atoms with Crippen molar-refractivity contribution in [2.24, 2.45) is 5.92 Å². The number of nitrogens with one attached hydrogen (secondary N) is 1. The third-order valence-corrected chi connectivity index (χ3v) is 4.87. The van der Waals surface area contributed by atoms with E-state index in [1.807, 2.05) is 36.1 Å². The first-order chi connectivity index (χ1) is 12.1. The fourth-order valence-electron chi connectivity index (χ4n) is 3.15. The number of benzene rings is 1. The Morgan fingerprint density at radius 2 is 1.96 bits per heavy atom. The first-order valence-corrected chi connectivity index (χ1v) is 8.90. The maximum Gasteiger partial charge on any atom is 0.254 e. The third kappa shape index (κ3) is 3.45. The topological polar surface area (TPSA) is 62.6 Å². The van der Waals surface area contributed by atoms with Gasteiger partial charge in [0.05, 0.1) is 12.3 Å². The molecule has 1 aromatic heterocycles. The van der Waals surface area contributed by atoms with Gasteiger partial charge in [-0.25, -0.2) is 0 Å². The lowest BCUT2D eigenvalue weighted by molar-refractivity contribution is -0.117. The molecule has 0 aliphatic heterocycles. The van der Waals surface area contributed by atoms with Crippen LogP contribution in [-0.4, -0.2) is 22.8 Å². The van der Waals surface area contributed by atoms with E-state index in [2.05, 4.69) is 5.32 Å². The van der Waals surface area contributed by atoms with Crippen molar-refractivity contribution in [3.8, 4) is 0 Å². The molecule has 2 aliphatic carbocycles. The van der Waals surface area contributed by atoms with Gasteiger partial charge in [0.1, 0.15) is 5.76 Å². The Balaban J connectivity index is 1.54. The van der Waals surface area contributed by atoms with Gasteiger partial charge in [-0.3, -0.25) is 9.59 Å². The molecule has 5 nitrogen and oxygen atoms in total. The monoisotopic (exact) mass is 338 g/mol. The van der Waals surface area contributed by atoms with Gasteiger partial charge in [-0.15, -0.1) is 0 Å². The molecule has 2 saturated carbocycles. The highest BCUT2D eigenvalue weighted by Crippen LogP contribution is 2.36. The Morgan fingerprint density at radius 1 is 1.16 bits per heavy atom. The van der Waals surface area contributed by atoms with Crippen LogP contribution in [0.25, 0.3) is 0 Å². The maximum absolute atomic E-state index is 13.1. The van der Waals surface area contributed by atoms with Gasteiger partial charge in [-0.1, -0.05) is 6.07 Å². The standard InChI is InChI=1S/C20H22N2O3/c1-13(18-6-3-11-25-18)22(17-9-10-17)20(24)15-4-2-5-16(12-15)21-19(23)14-7-8-14/h2-6,11-14,17H,7-10H2,1H3,(H,21,23)/t13-/m0/s1. The second kappa shape index (κ2) is 6.39. The molecule has 0 radical (unpaired) electrons. The minimum Gasteiger partial charge on any atom is -0.467 e. The molecular formula is C20H22N2O3. The molecule has 25 heavy (non-hydrogen) atoms. The van der Waals surface area contributed by atoms with E-state index in [1.165, 1.54) is 0 Å². The quantitative estimate of drug-likeness (QED) is 0.866. The van der Waals surface area contributed by atoms with Crippen LogP contribution in [0.5, 0.6) is 0 Å². The summed E-state index contributed by atoms with van der Waals surface area (Å²) in [5.74, 6) is 0.959. The first kappa shape index (κ1) is 15.9. The average Bonchev–Trinajstić information content (AvgIpc) is 3.54. The van der Waals surface area contributed by atoms with Gasteiger partial charge in [-0.05, 0) is 62.9 Å². The number of carbonyl (C=O) groups is 2. The maximum atomic E-state index is 13.1. The highest BCUT2D eigenvalue weighted by atomic mass is 16.3. The van der Waals surface area contributed by atoms with Gasteiger partial charge in [0, 0.05) is 23.2 Å². The van der Waals surface area contributed by atoms with Crippen LogP contribution < -0.4 is 5.32 Å². The SMILES string of the molecule is C[C@@H](c1ccco1)N(C(=O)c1cccc(NC(=O)C2CC2)c1)C1CC1. The summed E-state index contributed by atoms with van der Waals surface area (Å²) in [6.07, 6.45) is 5.60. The highest BCUT2D eigenvalue weighted by Gasteiger charge is 2.37. The summed E-state index contributed by atoms with van der Waals surface area (Å²) in [4.78, 5) is 27.0. The van der Waals surface area contributed by atoms with E-state index in [9.17, 15) is 9.59 Å². The molecule has 130 valence electrons. The number of rotatable bonds is 6. The fourth-order valence-corrected chi connectivity index (χ4v) is 3.15. The van der Waals surface area contributed by atoms with Gasteiger partial charge in [0.2, 0.25) is 5.91 Å². The molecule has 5 heteroatoms. The summed E-state index contributed by atoms with van der Waals surface area (Å²) in [7, 11) is 0. The van der Waals surface area contributed by atoms with Crippen molar-refractivity contribution in [3.05, 3.63) is 54.0 Å². The molecular weight excluding hydrogens is 316 g/mol. The zero-order chi connectivity index (χ0) is 17.4. The predicted octanol–water partition coefficient (Wildman–Crippen LogP) is 3.99. The van der Waals surface area contributed by atoms with Crippen molar-refractivity contribution >= 4 is 17.5 Å². The molecule has 4 rings (SSSR count). The van der Waals surface area contributed by atoms with Crippen molar-refractivity contribution in [3.63, 3.8) is 0 Å². The number of nitrogens with zero attached hydrogens (tertiary/aromatic N) is 1. The number of amides is 2. The summed E-state index contributed by atoms with van der Waals surface area (Å²) < 4.78 is 5.50. The second-order valence-corrected chi connectivity index (χ2v) is 6.98. The van der Waals surface area contributed by atoms with Crippen molar-refractivity contribution in [2.45, 2.75) is 44.7 Å². The van der Waals surface area contributed by atoms with E-state index < -0.39 is 0 Å². The number of hydrogen-bond acceptors (Lipinski definition) is 3. The Bertz CT molecular complexity index is 776. The molecule has 1 aromatic carbocycles. The minimum atomic E-state index is -0.111. The summed E-state index contributed by atoms with van der Waals surface area (Å²) in [5.41, 5.74) is 1.28. The van der Waals surface area contributed by atoms with E-state index >= 15 is 0 Å². The third-order valence-electron chi connectivity index (χ3n) is 4.87. The summed E-state index contributed by atoms with van der Waals surface area (Å²) in [5, 5.41) is 2.91. The Hall–Kier alpha value is -2.56. The highest BCUT2D eigenvalue weighted by molar-refractivity contribution is 5.98. The second-order valence-electron chi connectivity index (χ2n) is 6.98. The summed E-state index contributed by atoms with van der Waals surface area (Å²) in [6.45, 7) is 1.99. The molecule has 0 bridgehead atoms. The summed E-state index contributed by atoms with van der Waals surface area (Å²) in [6, 6.07) is 11.1. The molecule has 2 aromatic rings. The average molecular weight is 338 g/mol.